The Labute approximate surface area is 162 Å². The van der Waals surface area contributed by atoms with Gasteiger partial charge in [0.15, 0.2) is 0 Å². The average molecular weight is 381 g/mol. The smallest absolute Gasteiger partial charge is 0.254 e. The number of amides is 1. The van der Waals surface area contributed by atoms with Crippen molar-refractivity contribution in [1.29, 1.82) is 0 Å². The first kappa shape index (κ1) is 21.5. The van der Waals surface area contributed by atoms with Crippen LogP contribution >= 0.6 is 24.8 Å². The number of nitrogens with zero attached hydrogens (tertiary/aromatic N) is 1. The van der Waals surface area contributed by atoms with Crippen molar-refractivity contribution in [2.24, 2.45) is 5.73 Å². The molecule has 0 spiro atoms. The number of hydrogen-bond acceptors (Lipinski definition) is 2. The third-order valence-corrected chi connectivity index (χ3v) is 4.72. The highest BCUT2D eigenvalue weighted by molar-refractivity contribution is 6.01. The van der Waals surface area contributed by atoms with Gasteiger partial charge in [0.25, 0.3) is 5.91 Å². The van der Waals surface area contributed by atoms with Crippen molar-refractivity contribution in [3.05, 3.63) is 59.2 Å². The van der Waals surface area contributed by atoms with Gasteiger partial charge in [-0.15, -0.1) is 24.8 Å². The first-order valence-electron chi connectivity index (χ1n) is 8.28. The first-order valence-corrected chi connectivity index (χ1v) is 8.28. The molecule has 5 heteroatoms. The lowest BCUT2D eigenvalue weighted by atomic mass is 9.95. The van der Waals surface area contributed by atoms with Crippen molar-refractivity contribution in [3.8, 4) is 11.1 Å². The maximum Gasteiger partial charge on any atom is 0.254 e. The molecule has 136 valence electrons. The van der Waals surface area contributed by atoms with E-state index in [0.717, 1.165) is 36.1 Å². The zero-order chi connectivity index (χ0) is 16.4. The molecule has 0 aliphatic carbocycles. The predicted octanol–water partition coefficient (Wildman–Crippen LogP) is 4.38. The molecule has 1 saturated heterocycles. The highest BCUT2D eigenvalue weighted by Gasteiger charge is 2.24. The Hall–Kier alpha value is -1.55. The standard InChI is InChI=1S/C20H24N2O.2ClH/c1-14-9-10-16(12-15(14)2)18-7-3-4-8-19(18)20(23)22-11-5-6-17(21)13-22;;/h3-4,7-10,12,17H,5-6,11,13,21H2,1-2H3;2*1H/t17-;;/m1../s1. The average Bonchev–Trinajstić information content (AvgIpc) is 2.57. The van der Waals surface area contributed by atoms with Gasteiger partial charge in [-0.1, -0.05) is 36.4 Å². The summed E-state index contributed by atoms with van der Waals surface area (Å²) in [5.74, 6) is 0.0916. The molecule has 0 aromatic heterocycles. The van der Waals surface area contributed by atoms with Crippen LogP contribution in [0.5, 0.6) is 0 Å². The van der Waals surface area contributed by atoms with Crippen molar-refractivity contribution in [2.45, 2.75) is 32.7 Å². The van der Waals surface area contributed by atoms with Crippen LogP contribution in [-0.2, 0) is 0 Å². The summed E-state index contributed by atoms with van der Waals surface area (Å²) in [6.45, 7) is 5.66. The number of piperidine rings is 1. The summed E-state index contributed by atoms with van der Waals surface area (Å²) in [4.78, 5) is 14.9. The molecule has 1 atom stereocenters. The highest BCUT2D eigenvalue weighted by Crippen LogP contribution is 2.27. The second-order valence-corrected chi connectivity index (χ2v) is 6.50. The van der Waals surface area contributed by atoms with E-state index >= 15 is 0 Å². The van der Waals surface area contributed by atoms with Gasteiger partial charge in [-0.05, 0) is 55.0 Å². The number of halogens is 2. The lowest BCUT2D eigenvalue weighted by Crippen LogP contribution is -2.45. The van der Waals surface area contributed by atoms with Gasteiger partial charge in [-0.2, -0.15) is 0 Å². The van der Waals surface area contributed by atoms with Crippen molar-refractivity contribution >= 4 is 30.7 Å². The van der Waals surface area contributed by atoms with Crippen LogP contribution in [0.2, 0.25) is 0 Å². The molecule has 1 heterocycles. The summed E-state index contributed by atoms with van der Waals surface area (Å²) in [5, 5.41) is 0. The summed E-state index contributed by atoms with van der Waals surface area (Å²) >= 11 is 0. The molecule has 2 N–H and O–H groups in total. The summed E-state index contributed by atoms with van der Waals surface area (Å²) in [6.07, 6.45) is 1.99. The van der Waals surface area contributed by atoms with E-state index in [-0.39, 0.29) is 36.8 Å². The van der Waals surface area contributed by atoms with Gasteiger partial charge in [0.2, 0.25) is 0 Å². The molecule has 3 rings (SSSR count). The van der Waals surface area contributed by atoms with Crippen molar-refractivity contribution in [2.75, 3.05) is 13.1 Å². The molecular weight excluding hydrogens is 355 g/mol. The van der Waals surface area contributed by atoms with Crippen LogP contribution in [0.15, 0.2) is 42.5 Å². The van der Waals surface area contributed by atoms with Gasteiger partial charge in [0.05, 0.1) is 0 Å². The molecule has 0 saturated carbocycles. The van der Waals surface area contributed by atoms with E-state index < -0.39 is 0 Å². The number of nitrogens with two attached hydrogens (primary N) is 1. The first-order chi connectivity index (χ1) is 11.1. The van der Waals surface area contributed by atoms with Gasteiger partial charge in [-0.25, -0.2) is 0 Å². The number of benzene rings is 2. The predicted molar refractivity (Wildman–Crippen MR) is 109 cm³/mol. The van der Waals surface area contributed by atoms with E-state index in [0.29, 0.717) is 6.54 Å². The largest absolute Gasteiger partial charge is 0.337 e. The molecule has 2 aromatic carbocycles. The maximum absolute atomic E-state index is 13.0. The molecule has 3 nitrogen and oxygen atoms in total. The summed E-state index contributed by atoms with van der Waals surface area (Å²) in [5.41, 5.74) is 11.4. The lowest BCUT2D eigenvalue weighted by molar-refractivity contribution is 0.0709. The Morgan fingerprint density at radius 1 is 1.08 bits per heavy atom. The van der Waals surface area contributed by atoms with Crippen LogP contribution < -0.4 is 5.73 Å². The normalized spacial score (nSPS) is 16.6. The molecule has 0 unspecified atom stereocenters. The number of aryl methyl sites for hydroxylation is 2. The highest BCUT2D eigenvalue weighted by atomic mass is 35.5. The molecule has 1 fully saturated rings. The number of carbonyl (C=O) groups excluding carboxylic acids is 1. The fraction of sp³-hybridized carbons (Fsp3) is 0.350. The van der Waals surface area contributed by atoms with Gasteiger partial charge < -0.3 is 10.6 Å². The van der Waals surface area contributed by atoms with Gasteiger partial charge in [-0.3, -0.25) is 4.79 Å². The minimum atomic E-state index is 0. The van der Waals surface area contributed by atoms with E-state index in [4.69, 9.17) is 5.73 Å². The zero-order valence-electron chi connectivity index (χ0n) is 14.7. The monoisotopic (exact) mass is 380 g/mol. The van der Waals surface area contributed by atoms with Crippen LogP contribution in [0.3, 0.4) is 0 Å². The minimum absolute atomic E-state index is 0. The SMILES string of the molecule is Cc1ccc(-c2ccccc2C(=O)N2CCC[C@@H](N)C2)cc1C.Cl.Cl. The third-order valence-electron chi connectivity index (χ3n) is 4.72. The van der Waals surface area contributed by atoms with Crippen LogP contribution in [0.25, 0.3) is 11.1 Å². The van der Waals surface area contributed by atoms with Gasteiger partial charge in [0.1, 0.15) is 0 Å². The van der Waals surface area contributed by atoms with Crippen LogP contribution in [-0.4, -0.2) is 29.9 Å². The van der Waals surface area contributed by atoms with E-state index in [1.54, 1.807) is 0 Å². The lowest BCUT2D eigenvalue weighted by Gasteiger charge is -2.31. The van der Waals surface area contributed by atoms with Gasteiger partial charge >= 0.3 is 0 Å². The molecule has 25 heavy (non-hydrogen) atoms. The van der Waals surface area contributed by atoms with Crippen LogP contribution in [0, 0.1) is 13.8 Å². The molecule has 2 aromatic rings. The van der Waals surface area contributed by atoms with Crippen molar-refractivity contribution < 1.29 is 4.79 Å². The Bertz CT molecular complexity index is 733. The zero-order valence-corrected chi connectivity index (χ0v) is 16.3. The van der Waals surface area contributed by atoms with Crippen LogP contribution in [0.1, 0.15) is 34.3 Å². The van der Waals surface area contributed by atoms with Crippen molar-refractivity contribution in [1.82, 2.24) is 4.90 Å². The van der Waals surface area contributed by atoms with E-state index in [9.17, 15) is 4.79 Å². The molecule has 0 bridgehead atoms. The van der Waals surface area contributed by atoms with E-state index in [2.05, 4.69) is 32.0 Å². The third kappa shape index (κ3) is 4.75. The second-order valence-electron chi connectivity index (χ2n) is 6.50. The molecular formula is C20H26Cl2N2O. The summed E-state index contributed by atoms with van der Waals surface area (Å²) < 4.78 is 0. The summed E-state index contributed by atoms with van der Waals surface area (Å²) in [6, 6.07) is 14.3. The number of carbonyl (C=O) groups is 1. The quantitative estimate of drug-likeness (QED) is 0.839. The Morgan fingerprint density at radius 3 is 2.48 bits per heavy atom. The molecule has 1 aliphatic heterocycles. The molecule has 0 radical (unpaired) electrons. The minimum Gasteiger partial charge on any atom is -0.337 e. The van der Waals surface area contributed by atoms with Crippen LogP contribution in [0.4, 0.5) is 0 Å². The number of likely N-dealkylation sites (tertiary alicyclic amines) is 1. The fourth-order valence-electron chi connectivity index (χ4n) is 3.20. The number of rotatable bonds is 2. The van der Waals surface area contributed by atoms with Crippen molar-refractivity contribution in [3.63, 3.8) is 0 Å². The molecule has 1 amide bonds. The fourth-order valence-corrected chi connectivity index (χ4v) is 3.20. The number of hydrogen-bond donors (Lipinski definition) is 1. The molecule has 1 aliphatic rings. The Kier molecular flexibility index (Phi) is 7.94. The van der Waals surface area contributed by atoms with Gasteiger partial charge in [0, 0.05) is 24.7 Å². The maximum atomic E-state index is 13.0. The topological polar surface area (TPSA) is 46.3 Å². The van der Waals surface area contributed by atoms with E-state index in [1.165, 1.54) is 11.1 Å². The Morgan fingerprint density at radius 2 is 1.80 bits per heavy atom. The second kappa shape index (κ2) is 9.23. The Balaban J connectivity index is 0.00000156. The summed E-state index contributed by atoms with van der Waals surface area (Å²) in [7, 11) is 0. The van der Waals surface area contributed by atoms with E-state index in [1.807, 2.05) is 29.2 Å².